The summed E-state index contributed by atoms with van der Waals surface area (Å²) < 4.78 is 4.71. The van der Waals surface area contributed by atoms with Gasteiger partial charge in [-0.25, -0.2) is 4.98 Å². The lowest BCUT2D eigenvalue weighted by Gasteiger charge is -2.14. The highest BCUT2D eigenvalue weighted by molar-refractivity contribution is 6.23. The van der Waals surface area contributed by atoms with Gasteiger partial charge in [0.2, 0.25) is 0 Å². The van der Waals surface area contributed by atoms with Crippen molar-refractivity contribution < 1.29 is 0 Å². The molecule has 0 spiro atoms. The van der Waals surface area contributed by atoms with Gasteiger partial charge in [0.15, 0.2) is 0 Å². The second-order valence-corrected chi connectivity index (χ2v) is 12.0. The standard InChI is InChI=1S/C43H27N3/c1-2-14-31(15-3-1)45-41-23-9-7-21-38(41)44-43(45)36-18-5-4-16-32(36)30-13-10-12-28(26-30)29-24-25-40-37(27-29)35-20-11-19-34-33-17-6-8-22-39(33)46(40)42(34)35/h1-27H. The van der Waals surface area contributed by atoms with E-state index < -0.39 is 0 Å². The summed E-state index contributed by atoms with van der Waals surface area (Å²) in [6, 6.07) is 58.8. The number of imidazole rings is 1. The van der Waals surface area contributed by atoms with Crippen molar-refractivity contribution >= 4 is 49.1 Å². The van der Waals surface area contributed by atoms with Crippen molar-refractivity contribution in [2.75, 3.05) is 0 Å². The Balaban J connectivity index is 1.14. The van der Waals surface area contributed by atoms with Crippen molar-refractivity contribution in [3.8, 4) is 39.3 Å². The Morgan fingerprint density at radius 3 is 1.91 bits per heavy atom. The fraction of sp³-hybridized carbons (Fsp3) is 0. The van der Waals surface area contributed by atoms with Gasteiger partial charge in [-0.1, -0.05) is 115 Å². The first kappa shape index (κ1) is 25.2. The molecule has 0 saturated carbocycles. The van der Waals surface area contributed by atoms with Crippen molar-refractivity contribution in [3.05, 3.63) is 164 Å². The molecule has 10 rings (SSSR count). The smallest absolute Gasteiger partial charge is 0.146 e. The van der Waals surface area contributed by atoms with Crippen LogP contribution >= 0.6 is 0 Å². The Bertz CT molecular complexity index is 2750. The second-order valence-electron chi connectivity index (χ2n) is 12.0. The molecular formula is C43H27N3. The zero-order chi connectivity index (χ0) is 30.2. The van der Waals surface area contributed by atoms with Crippen molar-refractivity contribution in [1.82, 2.24) is 14.0 Å². The van der Waals surface area contributed by atoms with Crippen molar-refractivity contribution in [3.63, 3.8) is 0 Å². The molecule has 0 saturated heterocycles. The Hall–Kier alpha value is -6.19. The minimum Gasteiger partial charge on any atom is -0.308 e. The van der Waals surface area contributed by atoms with Crippen molar-refractivity contribution in [1.29, 1.82) is 0 Å². The van der Waals surface area contributed by atoms with Gasteiger partial charge in [0, 0.05) is 32.8 Å². The Morgan fingerprint density at radius 1 is 0.391 bits per heavy atom. The maximum absolute atomic E-state index is 5.18. The van der Waals surface area contributed by atoms with Gasteiger partial charge in [0.25, 0.3) is 0 Å². The van der Waals surface area contributed by atoms with E-state index >= 15 is 0 Å². The van der Waals surface area contributed by atoms with E-state index in [4.69, 9.17) is 4.98 Å². The molecule has 0 amide bonds. The van der Waals surface area contributed by atoms with Crippen LogP contribution in [0.5, 0.6) is 0 Å². The number of benzene rings is 7. The average molecular weight is 586 g/mol. The molecular weight excluding hydrogens is 558 g/mol. The SMILES string of the molecule is c1ccc(-n2c(-c3ccccc3-c3cccc(-c4ccc5c(c4)c4cccc6c7ccccc7n5c64)c3)nc3ccccc32)cc1. The van der Waals surface area contributed by atoms with E-state index in [2.05, 4.69) is 173 Å². The van der Waals surface area contributed by atoms with Gasteiger partial charge in [0.1, 0.15) is 5.82 Å². The number of nitrogens with zero attached hydrogens (tertiary/aromatic N) is 3. The van der Waals surface area contributed by atoms with Gasteiger partial charge in [-0.15, -0.1) is 0 Å². The lowest BCUT2D eigenvalue weighted by Crippen LogP contribution is -1.98. The number of aromatic nitrogens is 3. The predicted molar refractivity (Wildman–Crippen MR) is 192 cm³/mol. The minimum absolute atomic E-state index is 0.938. The van der Waals surface area contributed by atoms with E-state index in [1.165, 1.54) is 54.8 Å². The second kappa shape index (κ2) is 9.65. The summed E-state index contributed by atoms with van der Waals surface area (Å²) in [5.74, 6) is 0.938. The first-order chi connectivity index (χ1) is 22.8. The summed E-state index contributed by atoms with van der Waals surface area (Å²) in [6.45, 7) is 0. The minimum atomic E-state index is 0.938. The molecule has 0 atom stereocenters. The first-order valence-electron chi connectivity index (χ1n) is 15.7. The average Bonchev–Trinajstić information content (AvgIpc) is 3.79. The van der Waals surface area contributed by atoms with Crippen LogP contribution in [0, 0.1) is 0 Å². The van der Waals surface area contributed by atoms with Crippen molar-refractivity contribution in [2.45, 2.75) is 0 Å². The van der Waals surface area contributed by atoms with Crippen LogP contribution in [-0.2, 0) is 0 Å². The highest BCUT2D eigenvalue weighted by atomic mass is 15.1. The van der Waals surface area contributed by atoms with E-state index in [-0.39, 0.29) is 0 Å². The molecule has 7 aromatic carbocycles. The molecule has 0 radical (unpaired) electrons. The zero-order valence-electron chi connectivity index (χ0n) is 24.9. The van der Waals surface area contributed by atoms with Crippen LogP contribution in [0.1, 0.15) is 0 Å². The molecule has 0 aliphatic heterocycles. The first-order valence-corrected chi connectivity index (χ1v) is 15.7. The van der Waals surface area contributed by atoms with Crippen LogP contribution in [0.3, 0.4) is 0 Å². The van der Waals surface area contributed by atoms with Gasteiger partial charge >= 0.3 is 0 Å². The molecule has 46 heavy (non-hydrogen) atoms. The summed E-state index contributed by atoms with van der Waals surface area (Å²) in [5, 5.41) is 5.20. The van der Waals surface area contributed by atoms with Crippen LogP contribution in [0.4, 0.5) is 0 Å². The number of hydrogen-bond donors (Lipinski definition) is 0. The molecule has 0 unspecified atom stereocenters. The molecule has 3 aromatic heterocycles. The van der Waals surface area contributed by atoms with Crippen molar-refractivity contribution in [2.24, 2.45) is 0 Å². The molecule has 0 fully saturated rings. The quantitative estimate of drug-likeness (QED) is 0.201. The highest BCUT2D eigenvalue weighted by Gasteiger charge is 2.19. The maximum Gasteiger partial charge on any atom is 0.146 e. The Kier molecular flexibility index (Phi) is 5.28. The number of para-hydroxylation sites is 5. The van der Waals surface area contributed by atoms with E-state index in [0.29, 0.717) is 0 Å². The predicted octanol–water partition coefficient (Wildman–Crippen LogP) is 11.2. The van der Waals surface area contributed by atoms with E-state index in [1.54, 1.807) is 0 Å². The van der Waals surface area contributed by atoms with Crippen LogP contribution in [-0.4, -0.2) is 14.0 Å². The molecule has 3 nitrogen and oxygen atoms in total. The zero-order valence-corrected chi connectivity index (χ0v) is 24.9. The molecule has 3 heterocycles. The molecule has 3 heteroatoms. The van der Waals surface area contributed by atoms with Gasteiger partial charge in [-0.3, -0.25) is 4.57 Å². The third kappa shape index (κ3) is 3.57. The maximum atomic E-state index is 5.18. The lowest BCUT2D eigenvalue weighted by molar-refractivity contribution is 1.10. The van der Waals surface area contributed by atoms with Gasteiger partial charge in [-0.2, -0.15) is 0 Å². The van der Waals surface area contributed by atoms with Crippen LogP contribution in [0.2, 0.25) is 0 Å². The van der Waals surface area contributed by atoms with Gasteiger partial charge in [-0.05, 0) is 70.8 Å². The number of rotatable bonds is 4. The molecule has 214 valence electrons. The van der Waals surface area contributed by atoms with Gasteiger partial charge < -0.3 is 4.40 Å². The summed E-state index contributed by atoms with van der Waals surface area (Å²) in [7, 11) is 0. The van der Waals surface area contributed by atoms with Gasteiger partial charge in [0.05, 0.1) is 27.6 Å². The van der Waals surface area contributed by atoms with Crippen LogP contribution in [0.15, 0.2) is 164 Å². The largest absolute Gasteiger partial charge is 0.308 e. The lowest BCUT2D eigenvalue weighted by atomic mass is 9.95. The molecule has 10 aromatic rings. The normalized spacial score (nSPS) is 11.9. The summed E-state index contributed by atoms with van der Waals surface area (Å²) in [4.78, 5) is 5.18. The topological polar surface area (TPSA) is 22.2 Å². The number of fused-ring (bicyclic) bond motifs is 7. The summed E-state index contributed by atoms with van der Waals surface area (Å²) in [5.41, 5.74) is 12.8. The Morgan fingerprint density at radius 2 is 1.02 bits per heavy atom. The molecule has 0 aliphatic rings. The number of hydrogen-bond acceptors (Lipinski definition) is 1. The molecule has 0 N–H and O–H groups in total. The van der Waals surface area contributed by atoms with Crippen LogP contribution in [0.25, 0.3) is 88.5 Å². The third-order valence-corrected chi connectivity index (χ3v) is 9.47. The highest BCUT2D eigenvalue weighted by Crippen LogP contribution is 2.41. The van der Waals surface area contributed by atoms with E-state index in [1.807, 2.05) is 0 Å². The van der Waals surface area contributed by atoms with Crippen LogP contribution < -0.4 is 0 Å². The molecule has 0 aliphatic carbocycles. The molecule has 0 bridgehead atoms. The fourth-order valence-corrected chi connectivity index (χ4v) is 7.45. The monoisotopic (exact) mass is 585 g/mol. The fourth-order valence-electron chi connectivity index (χ4n) is 7.45. The Labute approximate surface area is 265 Å². The summed E-state index contributed by atoms with van der Waals surface area (Å²) in [6.07, 6.45) is 0. The van der Waals surface area contributed by atoms with E-state index in [0.717, 1.165) is 33.7 Å². The summed E-state index contributed by atoms with van der Waals surface area (Å²) >= 11 is 0. The van der Waals surface area contributed by atoms with E-state index in [9.17, 15) is 0 Å². The third-order valence-electron chi connectivity index (χ3n) is 9.47.